The quantitative estimate of drug-likeness (QED) is 0.407. The van der Waals surface area contributed by atoms with E-state index in [4.69, 9.17) is 23.8 Å². The summed E-state index contributed by atoms with van der Waals surface area (Å²) >= 11 is 14.2. The molecule has 1 fully saturated rings. The first-order chi connectivity index (χ1) is 13.3. The van der Waals surface area contributed by atoms with Gasteiger partial charge in [0.1, 0.15) is 0 Å². The van der Waals surface area contributed by atoms with Crippen LogP contribution in [0.1, 0.15) is 42.1 Å². The Labute approximate surface area is 180 Å². The number of nitrogens with zero attached hydrogens (tertiary/aromatic N) is 2. The fourth-order valence-electron chi connectivity index (χ4n) is 2.83. The van der Waals surface area contributed by atoms with E-state index in [2.05, 4.69) is 31.7 Å². The average Bonchev–Trinajstić information content (AvgIpc) is 3.40. The second-order valence-corrected chi connectivity index (χ2v) is 8.27. The number of benzene rings is 1. The lowest BCUT2D eigenvalue weighted by molar-refractivity contribution is -0.142. The lowest BCUT2D eigenvalue weighted by Gasteiger charge is -2.11. The van der Waals surface area contributed by atoms with Crippen molar-refractivity contribution in [1.82, 2.24) is 20.4 Å². The molecule has 2 aromatic rings. The van der Waals surface area contributed by atoms with Gasteiger partial charge >= 0.3 is 6.18 Å². The molecule has 0 saturated heterocycles. The molecule has 1 aromatic carbocycles. The van der Waals surface area contributed by atoms with Gasteiger partial charge in [0.15, 0.2) is 10.8 Å². The molecule has 2 N–H and O–H groups in total. The fourth-order valence-corrected chi connectivity index (χ4v) is 3.96. The van der Waals surface area contributed by atoms with Crippen LogP contribution >= 0.6 is 39.7 Å². The summed E-state index contributed by atoms with van der Waals surface area (Å²) in [5.41, 5.74) is 0.849. The van der Waals surface area contributed by atoms with Crippen LogP contribution in [0.5, 0.6) is 0 Å². The minimum Gasteiger partial charge on any atom is -0.363 e. The topological polar surface area (TPSA) is 41.9 Å². The van der Waals surface area contributed by atoms with Crippen molar-refractivity contribution < 1.29 is 13.2 Å². The minimum absolute atomic E-state index is 0.0793. The van der Waals surface area contributed by atoms with Crippen molar-refractivity contribution in [3.63, 3.8) is 0 Å². The highest BCUT2D eigenvalue weighted by atomic mass is 79.9. The monoisotopic (exact) mass is 494 g/mol. The smallest absolute Gasteiger partial charge is 0.363 e. The molecule has 1 saturated carbocycles. The van der Waals surface area contributed by atoms with Gasteiger partial charge < -0.3 is 10.6 Å². The van der Waals surface area contributed by atoms with Gasteiger partial charge in [-0.25, -0.2) is 0 Å². The third kappa shape index (κ3) is 5.61. The molecule has 1 aliphatic carbocycles. The zero-order chi connectivity index (χ0) is 20.3. The predicted octanol–water partition coefficient (Wildman–Crippen LogP) is 5.25. The van der Waals surface area contributed by atoms with Crippen molar-refractivity contribution in [3.05, 3.63) is 50.7 Å². The molecule has 1 aromatic heterocycles. The van der Waals surface area contributed by atoms with Crippen molar-refractivity contribution in [3.8, 4) is 0 Å². The highest BCUT2D eigenvalue weighted by Crippen LogP contribution is 2.46. The third-order valence-corrected chi connectivity index (χ3v) is 5.69. The van der Waals surface area contributed by atoms with Crippen molar-refractivity contribution in [2.45, 2.75) is 44.4 Å². The van der Waals surface area contributed by atoms with E-state index in [1.807, 2.05) is 24.3 Å². The molecule has 1 heterocycles. The van der Waals surface area contributed by atoms with Gasteiger partial charge in [-0.05, 0) is 65.1 Å². The zero-order valence-electron chi connectivity index (χ0n) is 14.8. The number of rotatable bonds is 7. The highest BCUT2D eigenvalue weighted by molar-refractivity contribution is 9.10. The van der Waals surface area contributed by atoms with Crippen molar-refractivity contribution >= 4 is 44.9 Å². The number of alkyl halides is 3. The van der Waals surface area contributed by atoms with Crippen LogP contribution < -0.4 is 10.6 Å². The Morgan fingerprint density at radius 3 is 2.54 bits per heavy atom. The van der Waals surface area contributed by atoms with E-state index in [0.29, 0.717) is 41.9 Å². The summed E-state index contributed by atoms with van der Waals surface area (Å²) < 4.78 is 40.9. The number of aryl methyl sites for hydroxylation is 1. The number of thiocarbonyl (C=S) groups is 1. The summed E-state index contributed by atoms with van der Waals surface area (Å²) in [6.07, 6.45) is -2.05. The van der Waals surface area contributed by atoms with Gasteiger partial charge in [0, 0.05) is 30.6 Å². The van der Waals surface area contributed by atoms with E-state index in [1.54, 1.807) is 0 Å². The van der Waals surface area contributed by atoms with Crippen molar-refractivity contribution in [2.75, 3.05) is 6.54 Å². The summed E-state index contributed by atoms with van der Waals surface area (Å²) in [6, 6.07) is 7.43. The van der Waals surface area contributed by atoms with E-state index in [1.165, 1.54) is 4.68 Å². The van der Waals surface area contributed by atoms with E-state index in [9.17, 15) is 13.2 Å². The number of aromatic nitrogens is 2. The van der Waals surface area contributed by atoms with Crippen LogP contribution in [0.25, 0.3) is 0 Å². The normalized spacial score (nSPS) is 14.2. The van der Waals surface area contributed by atoms with Gasteiger partial charge in [0.05, 0.1) is 10.2 Å². The molecule has 28 heavy (non-hydrogen) atoms. The standard InChI is InChI=1S/C18H19BrClF3N4S/c19-14-15(12-4-5-12)27(26-16(14)18(21,22)23)9-1-8-24-17(28)25-10-11-2-6-13(20)7-3-11/h2-3,6-7,12H,1,4-5,8-10H2,(H2,24,25,28). The van der Waals surface area contributed by atoms with E-state index >= 15 is 0 Å². The van der Waals surface area contributed by atoms with Crippen LogP contribution in [0.4, 0.5) is 13.2 Å². The molecular formula is C18H19BrClF3N4S. The molecule has 0 bridgehead atoms. The van der Waals surface area contributed by atoms with Crippen LogP contribution in [0.15, 0.2) is 28.7 Å². The Morgan fingerprint density at radius 1 is 1.25 bits per heavy atom. The Kier molecular flexibility index (Phi) is 6.88. The van der Waals surface area contributed by atoms with E-state index < -0.39 is 11.9 Å². The molecule has 1 aliphatic rings. The molecular weight excluding hydrogens is 477 g/mol. The maximum atomic E-state index is 13.1. The first kappa shape index (κ1) is 21.4. The third-order valence-electron chi connectivity index (χ3n) is 4.36. The number of hydrogen-bond donors (Lipinski definition) is 2. The first-order valence-electron chi connectivity index (χ1n) is 8.85. The highest BCUT2D eigenvalue weighted by Gasteiger charge is 2.41. The van der Waals surface area contributed by atoms with Gasteiger partial charge in [-0.15, -0.1) is 0 Å². The lowest BCUT2D eigenvalue weighted by Crippen LogP contribution is -2.35. The van der Waals surface area contributed by atoms with Crippen LogP contribution in [0.2, 0.25) is 5.02 Å². The van der Waals surface area contributed by atoms with E-state index in [-0.39, 0.29) is 10.4 Å². The van der Waals surface area contributed by atoms with Crippen LogP contribution in [-0.4, -0.2) is 21.4 Å². The molecule has 10 heteroatoms. The Balaban J connectivity index is 1.47. The van der Waals surface area contributed by atoms with Gasteiger partial charge in [0.25, 0.3) is 0 Å². The Morgan fingerprint density at radius 2 is 1.93 bits per heavy atom. The van der Waals surface area contributed by atoms with E-state index in [0.717, 1.165) is 18.4 Å². The van der Waals surface area contributed by atoms with Gasteiger partial charge in [0.2, 0.25) is 0 Å². The molecule has 3 rings (SSSR count). The molecule has 0 aliphatic heterocycles. The summed E-state index contributed by atoms with van der Waals surface area (Å²) in [7, 11) is 0. The maximum Gasteiger partial charge on any atom is 0.436 e. The lowest BCUT2D eigenvalue weighted by atomic mass is 10.2. The molecule has 0 amide bonds. The Hall–Kier alpha value is -1.32. The largest absolute Gasteiger partial charge is 0.436 e. The second-order valence-electron chi connectivity index (χ2n) is 6.63. The second kappa shape index (κ2) is 9.00. The van der Waals surface area contributed by atoms with Crippen LogP contribution in [0.3, 0.4) is 0 Å². The molecule has 0 radical (unpaired) electrons. The van der Waals surface area contributed by atoms with Gasteiger partial charge in [-0.1, -0.05) is 23.7 Å². The van der Waals surface area contributed by atoms with Gasteiger partial charge in [-0.3, -0.25) is 4.68 Å². The number of hydrogen-bond acceptors (Lipinski definition) is 2. The summed E-state index contributed by atoms with van der Waals surface area (Å²) in [4.78, 5) is 0. The van der Waals surface area contributed by atoms with Crippen LogP contribution in [0, 0.1) is 0 Å². The van der Waals surface area contributed by atoms with Crippen molar-refractivity contribution in [2.24, 2.45) is 0 Å². The van der Waals surface area contributed by atoms with Gasteiger partial charge in [-0.2, -0.15) is 18.3 Å². The minimum atomic E-state index is -4.46. The Bertz CT molecular complexity index is 835. The average molecular weight is 496 g/mol. The fraction of sp³-hybridized carbons (Fsp3) is 0.444. The summed E-state index contributed by atoms with van der Waals surface area (Å²) in [5.74, 6) is 0.160. The molecule has 0 unspecified atom stereocenters. The zero-order valence-corrected chi connectivity index (χ0v) is 18.0. The molecule has 152 valence electrons. The summed E-state index contributed by atoms with van der Waals surface area (Å²) in [6.45, 7) is 1.50. The maximum absolute atomic E-state index is 13.1. The van der Waals surface area contributed by atoms with Crippen LogP contribution in [-0.2, 0) is 19.3 Å². The van der Waals surface area contributed by atoms with Crippen molar-refractivity contribution in [1.29, 1.82) is 0 Å². The summed E-state index contributed by atoms with van der Waals surface area (Å²) in [5, 5.41) is 11.1. The SMILES string of the molecule is FC(F)(F)c1nn(CCCNC(=S)NCc2ccc(Cl)cc2)c(C2CC2)c1Br. The predicted molar refractivity (Wildman–Crippen MR) is 110 cm³/mol. The molecule has 0 atom stereocenters. The molecule has 0 spiro atoms. The number of nitrogens with one attached hydrogen (secondary N) is 2. The first-order valence-corrected chi connectivity index (χ1v) is 10.4. The molecule has 4 nitrogen and oxygen atoms in total. The number of halogens is 5.